The SMILES string of the molecule is CC(C)SCC(N)Cc1ccoc1. The average molecular weight is 199 g/mol. The summed E-state index contributed by atoms with van der Waals surface area (Å²) < 4.78 is 4.98. The number of furan rings is 1. The molecule has 0 aliphatic rings. The fourth-order valence-corrected chi connectivity index (χ4v) is 1.84. The minimum atomic E-state index is 0.241. The van der Waals surface area contributed by atoms with Crippen LogP contribution in [0.1, 0.15) is 19.4 Å². The highest BCUT2D eigenvalue weighted by atomic mass is 32.2. The van der Waals surface area contributed by atoms with E-state index >= 15 is 0 Å². The summed E-state index contributed by atoms with van der Waals surface area (Å²) >= 11 is 1.91. The van der Waals surface area contributed by atoms with E-state index in [0.717, 1.165) is 12.2 Å². The molecule has 0 aliphatic carbocycles. The van der Waals surface area contributed by atoms with Crippen LogP contribution in [0.25, 0.3) is 0 Å². The Bertz CT molecular complexity index is 221. The van der Waals surface area contributed by atoms with E-state index in [4.69, 9.17) is 10.2 Å². The van der Waals surface area contributed by atoms with Crippen LogP contribution in [0.15, 0.2) is 23.0 Å². The van der Waals surface area contributed by atoms with E-state index in [2.05, 4.69) is 13.8 Å². The van der Waals surface area contributed by atoms with Crippen molar-refractivity contribution in [3.05, 3.63) is 24.2 Å². The number of thioether (sulfide) groups is 1. The zero-order valence-electron chi connectivity index (χ0n) is 8.19. The first kappa shape index (κ1) is 10.7. The molecular weight excluding hydrogens is 182 g/mol. The molecule has 0 amide bonds. The molecule has 2 nitrogen and oxygen atoms in total. The van der Waals surface area contributed by atoms with E-state index in [9.17, 15) is 0 Å². The van der Waals surface area contributed by atoms with Gasteiger partial charge in [0.25, 0.3) is 0 Å². The number of hydrogen-bond acceptors (Lipinski definition) is 3. The summed E-state index contributed by atoms with van der Waals surface area (Å²) in [6.07, 6.45) is 4.37. The summed E-state index contributed by atoms with van der Waals surface area (Å²) in [5.74, 6) is 1.02. The molecule has 1 rings (SSSR count). The number of rotatable bonds is 5. The Morgan fingerprint density at radius 2 is 2.31 bits per heavy atom. The maximum Gasteiger partial charge on any atom is 0.0935 e. The molecule has 0 radical (unpaired) electrons. The van der Waals surface area contributed by atoms with Crippen LogP contribution >= 0.6 is 11.8 Å². The van der Waals surface area contributed by atoms with Crippen LogP contribution in [0, 0.1) is 0 Å². The van der Waals surface area contributed by atoms with Gasteiger partial charge < -0.3 is 10.2 Å². The van der Waals surface area contributed by atoms with Gasteiger partial charge in [-0.1, -0.05) is 13.8 Å². The smallest absolute Gasteiger partial charge is 0.0935 e. The maximum atomic E-state index is 5.95. The van der Waals surface area contributed by atoms with Crippen LogP contribution in [0.3, 0.4) is 0 Å². The predicted octanol–water partition coefficient (Wildman–Crippen LogP) is 2.29. The summed E-state index contributed by atoms with van der Waals surface area (Å²) in [5, 5.41) is 0.662. The van der Waals surface area contributed by atoms with Crippen molar-refractivity contribution in [1.29, 1.82) is 0 Å². The molecule has 74 valence electrons. The van der Waals surface area contributed by atoms with Gasteiger partial charge in [0.1, 0.15) is 0 Å². The van der Waals surface area contributed by atoms with Gasteiger partial charge in [-0.3, -0.25) is 0 Å². The molecule has 2 N–H and O–H groups in total. The molecule has 0 saturated heterocycles. The molecular formula is C10H17NOS. The Morgan fingerprint density at radius 1 is 1.54 bits per heavy atom. The average Bonchev–Trinajstić information content (AvgIpc) is 2.53. The van der Waals surface area contributed by atoms with Crippen molar-refractivity contribution in [3.63, 3.8) is 0 Å². The third kappa shape index (κ3) is 4.39. The van der Waals surface area contributed by atoms with E-state index < -0.39 is 0 Å². The molecule has 1 atom stereocenters. The van der Waals surface area contributed by atoms with E-state index in [0.29, 0.717) is 5.25 Å². The summed E-state index contributed by atoms with van der Waals surface area (Å²) in [6, 6.07) is 2.21. The second kappa shape index (κ2) is 5.35. The topological polar surface area (TPSA) is 39.2 Å². The van der Waals surface area contributed by atoms with Crippen molar-refractivity contribution >= 4 is 11.8 Å². The Hall–Kier alpha value is -0.410. The number of nitrogens with two attached hydrogens (primary N) is 1. The van der Waals surface area contributed by atoms with Gasteiger partial charge in [0, 0.05) is 11.8 Å². The lowest BCUT2D eigenvalue weighted by Gasteiger charge is -2.11. The van der Waals surface area contributed by atoms with Crippen LogP contribution in [0.4, 0.5) is 0 Å². The Labute approximate surface area is 83.9 Å². The van der Waals surface area contributed by atoms with Crippen LogP contribution in [-0.4, -0.2) is 17.0 Å². The first-order chi connectivity index (χ1) is 6.18. The monoisotopic (exact) mass is 199 g/mol. The van der Waals surface area contributed by atoms with E-state index in [1.165, 1.54) is 5.56 Å². The Balaban J connectivity index is 2.22. The first-order valence-electron chi connectivity index (χ1n) is 4.56. The van der Waals surface area contributed by atoms with E-state index in [-0.39, 0.29) is 6.04 Å². The minimum absolute atomic E-state index is 0.241. The van der Waals surface area contributed by atoms with Gasteiger partial charge >= 0.3 is 0 Å². The highest BCUT2D eigenvalue weighted by Gasteiger charge is 2.06. The second-order valence-electron chi connectivity index (χ2n) is 3.48. The molecule has 1 aromatic rings. The predicted molar refractivity (Wildman–Crippen MR) is 58.0 cm³/mol. The van der Waals surface area contributed by atoms with Gasteiger partial charge in [-0.15, -0.1) is 0 Å². The Morgan fingerprint density at radius 3 is 2.85 bits per heavy atom. The quantitative estimate of drug-likeness (QED) is 0.791. The van der Waals surface area contributed by atoms with Gasteiger partial charge in [0.2, 0.25) is 0 Å². The molecule has 1 unspecified atom stereocenters. The lowest BCUT2D eigenvalue weighted by molar-refractivity contribution is 0.562. The van der Waals surface area contributed by atoms with Crippen molar-refractivity contribution in [2.24, 2.45) is 5.73 Å². The highest BCUT2D eigenvalue weighted by Crippen LogP contribution is 2.12. The van der Waals surface area contributed by atoms with E-state index in [1.54, 1.807) is 12.5 Å². The van der Waals surface area contributed by atoms with Crippen LogP contribution in [0.5, 0.6) is 0 Å². The van der Waals surface area contributed by atoms with Crippen molar-refractivity contribution in [2.45, 2.75) is 31.6 Å². The zero-order valence-corrected chi connectivity index (χ0v) is 9.01. The lowest BCUT2D eigenvalue weighted by atomic mass is 10.1. The van der Waals surface area contributed by atoms with Gasteiger partial charge in [0.05, 0.1) is 12.5 Å². The minimum Gasteiger partial charge on any atom is -0.472 e. The van der Waals surface area contributed by atoms with Crippen molar-refractivity contribution < 1.29 is 4.42 Å². The fourth-order valence-electron chi connectivity index (χ4n) is 1.09. The normalized spacial score (nSPS) is 13.5. The summed E-state index contributed by atoms with van der Waals surface area (Å²) in [7, 11) is 0. The molecule has 0 saturated carbocycles. The lowest BCUT2D eigenvalue weighted by Crippen LogP contribution is -2.26. The molecule has 1 aromatic heterocycles. The third-order valence-electron chi connectivity index (χ3n) is 1.72. The van der Waals surface area contributed by atoms with Gasteiger partial charge in [0.15, 0.2) is 0 Å². The van der Waals surface area contributed by atoms with Gasteiger partial charge in [-0.2, -0.15) is 11.8 Å². The molecule has 0 bridgehead atoms. The first-order valence-corrected chi connectivity index (χ1v) is 5.61. The number of hydrogen-bond donors (Lipinski definition) is 1. The van der Waals surface area contributed by atoms with E-state index in [1.807, 2.05) is 17.8 Å². The summed E-state index contributed by atoms with van der Waals surface area (Å²) in [6.45, 7) is 4.38. The molecule has 0 spiro atoms. The highest BCUT2D eigenvalue weighted by molar-refractivity contribution is 7.99. The fraction of sp³-hybridized carbons (Fsp3) is 0.600. The molecule has 0 aliphatic heterocycles. The standard InChI is InChI=1S/C10H17NOS/c1-8(2)13-7-10(11)5-9-3-4-12-6-9/h3-4,6,8,10H,5,7,11H2,1-2H3. The van der Waals surface area contributed by atoms with Gasteiger partial charge in [-0.05, 0) is 23.3 Å². The molecule has 0 fully saturated rings. The largest absolute Gasteiger partial charge is 0.472 e. The maximum absolute atomic E-state index is 5.95. The zero-order chi connectivity index (χ0) is 9.68. The summed E-state index contributed by atoms with van der Waals surface area (Å²) in [5.41, 5.74) is 7.14. The van der Waals surface area contributed by atoms with Gasteiger partial charge in [-0.25, -0.2) is 0 Å². The van der Waals surface area contributed by atoms with Crippen molar-refractivity contribution in [2.75, 3.05) is 5.75 Å². The third-order valence-corrected chi connectivity index (χ3v) is 3.01. The molecule has 13 heavy (non-hydrogen) atoms. The second-order valence-corrected chi connectivity index (χ2v) is 5.09. The molecule has 0 aromatic carbocycles. The van der Waals surface area contributed by atoms with Crippen LogP contribution in [-0.2, 0) is 6.42 Å². The van der Waals surface area contributed by atoms with Crippen LogP contribution in [0.2, 0.25) is 0 Å². The Kier molecular flexibility index (Phi) is 4.39. The van der Waals surface area contributed by atoms with Crippen molar-refractivity contribution in [3.8, 4) is 0 Å². The molecule has 3 heteroatoms. The van der Waals surface area contributed by atoms with Crippen LogP contribution < -0.4 is 5.73 Å². The summed E-state index contributed by atoms with van der Waals surface area (Å²) in [4.78, 5) is 0. The van der Waals surface area contributed by atoms with Crippen molar-refractivity contribution in [1.82, 2.24) is 0 Å². The molecule has 1 heterocycles.